The van der Waals surface area contributed by atoms with Gasteiger partial charge in [0.25, 0.3) is 0 Å². The first-order valence-corrected chi connectivity index (χ1v) is 9.66. The van der Waals surface area contributed by atoms with Gasteiger partial charge in [-0.05, 0) is 43.4 Å². The number of ether oxygens (including phenoxy) is 2. The minimum atomic E-state index is -0.0821. The van der Waals surface area contributed by atoms with Crippen LogP contribution >= 0.6 is 11.3 Å². The summed E-state index contributed by atoms with van der Waals surface area (Å²) in [6.45, 7) is 0.866. The number of hydrogen-bond acceptors (Lipinski definition) is 6. The van der Waals surface area contributed by atoms with Crippen LogP contribution in [0.2, 0.25) is 0 Å². The Kier molecular flexibility index (Phi) is 6.62. The van der Waals surface area contributed by atoms with E-state index < -0.39 is 0 Å². The van der Waals surface area contributed by atoms with Crippen LogP contribution < -0.4 is 14.8 Å². The van der Waals surface area contributed by atoms with Crippen molar-refractivity contribution < 1.29 is 14.3 Å². The third kappa shape index (κ3) is 5.31. The highest BCUT2D eigenvalue weighted by Gasteiger charge is 2.11. The van der Waals surface area contributed by atoms with Crippen LogP contribution in [-0.4, -0.2) is 43.6 Å². The quantitative estimate of drug-likeness (QED) is 0.625. The van der Waals surface area contributed by atoms with E-state index in [-0.39, 0.29) is 12.5 Å². The molecule has 6 nitrogen and oxygen atoms in total. The molecule has 1 aromatic heterocycles. The van der Waals surface area contributed by atoms with Crippen LogP contribution in [-0.2, 0) is 11.3 Å². The van der Waals surface area contributed by atoms with E-state index in [0.29, 0.717) is 18.0 Å². The van der Waals surface area contributed by atoms with Crippen molar-refractivity contribution >= 4 is 22.9 Å². The first-order chi connectivity index (χ1) is 13.6. The Morgan fingerprint density at radius 2 is 1.86 bits per heavy atom. The molecule has 0 fully saturated rings. The maximum absolute atomic E-state index is 12.3. The molecule has 0 radical (unpaired) electrons. The number of amides is 1. The largest absolute Gasteiger partial charge is 0.497 e. The molecular formula is C21H23N3O3S. The SMILES string of the molecule is COc1ccc(-c2nc(CN(C)CC(=O)Nc3cccc(OC)c3)cs2)cc1. The average molecular weight is 398 g/mol. The fraction of sp³-hybridized carbons (Fsp3) is 0.238. The maximum Gasteiger partial charge on any atom is 0.238 e. The van der Waals surface area contributed by atoms with E-state index in [2.05, 4.69) is 10.3 Å². The number of methoxy groups -OCH3 is 2. The van der Waals surface area contributed by atoms with Crippen molar-refractivity contribution in [2.24, 2.45) is 0 Å². The minimum absolute atomic E-state index is 0.0821. The molecule has 0 aliphatic heterocycles. The van der Waals surface area contributed by atoms with Gasteiger partial charge in [0, 0.05) is 29.2 Å². The Morgan fingerprint density at radius 3 is 2.57 bits per heavy atom. The monoisotopic (exact) mass is 397 g/mol. The van der Waals surface area contributed by atoms with Crippen LogP contribution in [0.25, 0.3) is 10.6 Å². The van der Waals surface area contributed by atoms with Gasteiger partial charge in [0.15, 0.2) is 0 Å². The van der Waals surface area contributed by atoms with E-state index in [1.807, 2.05) is 59.8 Å². The highest BCUT2D eigenvalue weighted by molar-refractivity contribution is 7.13. The molecule has 0 atom stereocenters. The van der Waals surface area contributed by atoms with Crippen LogP contribution in [0.3, 0.4) is 0 Å². The summed E-state index contributed by atoms with van der Waals surface area (Å²) in [4.78, 5) is 18.9. The Bertz CT molecular complexity index is 925. The number of aromatic nitrogens is 1. The molecule has 1 heterocycles. The van der Waals surface area contributed by atoms with Gasteiger partial charge in [0.2, 0.25) is 5.91 Å². The number of likely N-dealkylation sites (N-methyl/N-ethyl adjacent to an activating group) is 1. The smallest absolute Gasteiger partial charge is 0.238 e. The second kappa shape index (κ2) is 9.34. The van der Waals surface area contributed by atoms with E-state index >= 15 is 0 Å². The number of rotatable bonds is 8. The topological polar surface area (TPSA) is 63.7 Å². The number of hydrogen-bond donors (Lipinski definition) is 1. The third-order valence-electron chi connectivity index (χ3n) is 4.09. The molecule has 28 heavy (non-hydrogen) atoms. The second-order valence-corrected chi connectivity index (χ2v) is 7.18. The summed E-state index contributed by atoms with van der Waals surface area (Å²) >= 11 is 1.59. The number of carbonyl (C=O) groups is 1. The van der Waals surface area contributed by atoms with Crippen LogP contribution in [0, 0.1) is 0 Å². The molecular weight excluding hydrogens is 374 g/mol. The molecule has 3 aromatic rings. The van der Waals surface area contributed by atoms with Crippen molar-refractivity contribution in [2.75, 3.05) is 33.1 Å². The second-order valence-electron chi connectivity index (χ2n) is 6.32. The molecule has 0 bridgehead atoms. The van der Waals surface area contributed by atoms with Crippen LogP contribution in [0.4, 0.5) is 5.69 Å². The highest BCUT2D eigenvalue weighted by Crippen LogP contribution is 2.26. The van der Waals surface area contributed by atoms with E-state index in [4.69, 9.17) is 9.47 Å². The first-order valence-electron chi connectivity index (χ1n) is 8.78. The third-order valence-corrected chi connectivity index (χ3v) is 5.03. The van der Waals surface area contributed by atoms with Gasteiger partial charge >= 0.3 is 0 Å². The summed E-state index contributed by atoms with van der Waals surface area (Å²) in [5.41, 5.74) is 2.70. The summed E-state index contributed by atoms with van der Waals surface area (Å²) in [7, 11) is 5.15. The summed E-state index contributed by atoms with van der Waals surface area (Å²) < 4.78 is 10.4. The molecule has 2 aromatic carbocycles. The molecule has 0 saturated heterocycles. The molecule has 0 spiro atoms. The van der Waals surface area contributed by atoms with Gasteiger partial charge in [-0.2, -0.15) is 0 Å². The number of anilines is 1. The van der Waals surface area contributed by atoms with E-state index in [9.17, 15) is 4.79 Å². The summed E-state index contributed by atoms with van der Waals surface area (Å²) in [6.07, 6.45) is 0. The summed E-state index contributed by atoms with van der Waals surface area (Å²) in [5.74, 6) is 1.45. The Balaban J connectivity index is 1.55. The molecule has 1 N–H and O–H groups in total. The number of benzene rings is 2. The van der Waals surface area contributed by atoms with Gasteiger partial charge in [-0.1, -0.05) is 6.07 Å². The normalized spacial score (nSPS) is 10.7. The van der Waals surface area contributed by atoms with Crippen molar-refractivity contribution in [2.45, 2.75) is 6.54 Å². The van der Waals surface area contributed by atoms with Crippen molar-refractivity contribution in [3.05, 3.63) is 59.6 Å². The lowest BCUT2D eigenvalue weighted by Crippen LogP contribution is -2.29. The van der Waals surface area contributed by atoms with Gasteiger partial charge in [-0.3, -0.25) is 9.69 Å². The predicted octanol–water partition coefficient (Wildman–Crippen LogP) is 3.90. The minimum Gasteiger partial charge on any atom is -0.497 e. The zero-order valence-corrected chi connectivity index (χ0v) is 17.0. The fourth-order valence-corrected chi connectivity index (χ4v) is 3.54. The molecule has 0 aliphatic rings. The standard InChI is InChI=1S/C21H23N3O3S/c1-24(13-20(25)22-16-5-4-6-19(11-16)27-3)12-17-14-28-21(23-17)15-7-9-18(26-2)10-8-15/h4-11,14H,12-13H2,1-3H3,(H,22,25). The molecule has 3 rings (SSSR count). The van der Waals surface area contributed by atoms with Gasteiger partial charge in [-0.15, -0.1) is 11.3 Å². The zero-order chi connectivity index (χ0) is 19.9. The van der Waals surface area contributed by atoms with E-state index in [1.54, 1.807) is 31.6 Å². The van der Waals surface area contributed by atoms with Crippen molar-refractivity contribution in [3.8, 4) is 22.1 Å². The number of nitrogens with zero attached hydrogens (tertiary/aromatic N) is 2. The zero-order valence-electron chi connectivity index (χ0n) is 16.1. The summed E-state index contributed by atoms with van der Waals surface area (Å²) in [6, 6.07) is 15.1. The number of thiazole rings is 1. The van der Waals surface area contributed by atoms with Crippen LogP contribution in [0.1, 0.15) is 5.69 Å². The van der Waals surface area contributed by atoms with Gasteiger partial charge in [-0.25, -0.2) is 4.98 Å². The average Bonchev–Trinajstić information content (AvgIpc) is 3.16. The van der Waals surface area contributed by atoms with Gasteiger partial charge in [0.05, 0.1) is 26.5 Å². The van der Waals surface area contributed by atoms with Gasteiger partial charge < -0.3 is 14.8 Å². The lowest BCUT2D eigenvalue weighted by atomic mass is 10.2. The van der Waals surface area contributed by atoms with E-state index in [1.165, 1.54) is 0 Å². The molecule has 146 valence electrons. The molecule has 0 saturated carbocycles. The maximum atomic E-state index is 12.3. The summed E-state index contributed by atoms with van der Waals surface area (Å²) in [5, 5.41) is 5.86. The molecule has 0 aliphatic carbocycles. The molecule has 1 amide bonds. The van der Waals surface area contributed by atoms with Crippen molar-refractivity contribution in [3.63, 3.8) is 0 Å². The highest BCUT2D eigenvalue weighted by atomic mass is 32.1. The van der Waals surface area contributed by atoms with Crippen molar-refractivity contribution in [1.82, 2.24) is 9.88 Å². The molecule has 7 heteroatoms. The fourth-order valence-electron chi connectivity index (χ4n) is 2.72. The number of nitrogens with one attached hydrogen (secondary N) is 1. The lowest BCUT2D eigenvalue weighted by molar-refractivity contribution is -0.117. The Labute approximate surface area is 168 Å². The predicted molar refractivity (Wildman–Crippen MR) is 112 cm³/mol. The Hall–Kier alpha value is -2.90. The molecule has 0 unspecified atom stereocenters. The van der Waals surface area contributed by atoms with Crippen molar-refractivity contribution in [1.29, 1.82) is 0 Å². The van der Waals surface area contributed by atoms with Crippen LogP contribution in [0.5, 0.6) is 11.5 Å². The lowest BCUT2D eigenvalue weighted by Gasteiger charge is -2.15. The Morgan fingerprint density at radius 1 is 1.11 bits per heavy atom. The first kappa shape index (κ1) is 19.9. The van der Waals surface area contributed by atoms with E-state index in [0.717, 1.165) is 22.0 Å². The number of carbonyl (C=O) groups excluding carboxylic acids is 1. The van der Waals surface area contributed by atoms with Gasteiger partial charge in [0.1, 0.15) is 16.5 Å². The van der Waals surface area contributed by atoms with Crippen LogP contribution in [0.15, 0.2) is 53.9 Å².